The zero-order valence-corrected chi connectivity index (χ0v) is 14.4. The zero-order valence-electron chi connectivity index (χ0n) is 14.4. The number of methoxy groups -OCH3 is 1. The number of nitrogens with one attached hydrogen (secondary N) is 1. The van der Waals surface area contributed by atoms with E-state index < -0.39 is 6.10 Å². The molecule has 3 rings (SSSR count). The van der Waals surface area contributed by atoms with Gasteiger partial charge in [-0.25, -0.2) is 0 Å². The van der Waals surface area contributed by atoms with Crippen LogP contribution >= 0.6 is 0 Å². The molecule has 2 aromatic rings. The molecule has 1 aliphatic rings. The fourth-order valence-electron chi connectivity index (χ4n) is 3.21. The Morgan fingerprint density at radius 1 is 1.24 bits per heavy atom. The lowest BCUT2D eigenvalue weighted by Crippen LogP contribution is -2.49. The van der Waals surface area contributed by atoms with Gasteiger partial charge in [-0.05, 0) is 42.7 Å². The first-order valence-corrected chi connectivity index (χ1v) is 8.60. The van der Waals surface area contributed by atoms with Crippen molar-refractivity contribution >= 4 is 11.6 Å². The van der Waals surface area contributed by atoms with Gasteiger partial charge in [0.15, 0.2) is 6.10 Å². The molecule has 25 heavy (non-hydrogen) atoms. The van der Waals surface area contributed by atoms with E-state index in [1.54, 1.807) is 31.4 Å². The molecule has 0 spiro atoms. The number of carbonyl (C=O) groups is 1. The van der Waals surface area contributed by atoms with E-state index in [1.165, 1.54) is 0 Å². The van der Waals surface area contributed by atoms with Gasteiger partial charge in [0.1, 0.15) is 5.75 Å². The molecule has 2 unspecified atom stereocenters. The number of carbonyl (C=O) groups excluding carboxylic acids is 1. The molecule has 0 aromatic heterocycles. The molecule has 5 nitrogen and oxygen atoms in total. The van der Waals surface area contributed by atoms with Crippen LogP contribution in [-0.2, 0) is 4.79 Å². The minimum absolute atomic E-state index is 0.0294. The number of ether oxygens (including phenoxy) is 1. The van der Waals surface area contributed by atoms with E-state index in [9.17, 15) is 9.90 Å². The average Bonchev–Trinajstić information content (AvgIpc) is 2.68. The molecule has 5 heteroatoms. The molecule has 0 radical (unpaired) electrons. The lowest BCUT2D eigenvalue weighted by atomic mass is 10.0. The Labute approximate surface area is 148 Å². The van der Waals surface area contributed by atoms with Crippen molar-refractivity contribution in [3.8, 4) is 5.75 Å². The van der Waals surface area contributed by atoms with Crippen LogP contribution in [0.3, 0.4) is 0 Å². The summed E-state index contributed by atoms with van der Waals surface area (Å²) in [6.45, 7) is 1.73. The van der Waals surface area contributed by atoms with Crippen molar-refractivity contribution in [2.75, 3.05) is 25.1 Å². The highest BCUT2D eigenvalue weighted by atomic mass is 16.5. The number of piperidine rings is 1. The molecule has 2 N–H and O–H groups in total. The third-order valence-corrected chi connectivity index (χ3v) is 4.55. The molecule has 1 aliphatic heterocycles. The Bertz CT molecular complexity index is 705. The molecule has 2 aromatic carbocycles. The summed E-state index contributed by atoms with van der Waals surface area (Å²) in [5.41, 5.74) is 1.70. The number of hydrogen-bond acceptors (Lipinski definition) is 4. The second kappa shape index (κ2) is 8.03. The predicted molar refractivity (Wildman–Crippen MR) is 97.8 cm³/mol. The lowest BCUT2D eigenvalue weighted by molar-refractivity contribution is -0.130. The number of aliphatic hydroxyl groups excluding tert-OH is 1. The van der Waals surface area contributed by atoms with Crippen LogP contribution < -0.4 is 15.0 Å². The fourth-order valence-corrected chi connectivity index (χ4v) is 3.21. The third-order valence-electron chi connectivity index (χ3n) is 4.55. The van der Waals surface area contributed by atoms with Gasteiger partial charge in [-0.2, -0.15) is 0 Å². The van der Waals surface area contributed by atoms with E-state index in [-0.39, 0.29) is 11.9 Å². The molecule has 0 saturated carbocycles. The molecule has 1 amide bonds. The second-order valence-electron chi connectivity index (χ2n) is 6.31. The number of amides is 1. The van der Waals surface area contributed by atoms with E-state index in [2.05, 4.69) is 22.3 Å². The molecular formula is C20H24N2O3. The second-order valence-corrected chi connectivity index (χ2v) is 6.31. The molecule has 1 saturated heterocycles. The number of nitrogens with zero attached hydrogens (tertiary/aromatic N) is 1. The van der Waals surface area contributed by atoms with Crippen LogP contribution in [0.2, 0.25) is 0 Å². The van der Waals surface area contributed by atoms with Crippen LogP contribution in [0.4, 0.5) is 5.69 Å². The first-order valence-electron chi connectivity index (χ1n) is 8.60. The minimum Gasteiger partial charge on any atom is -0.497 e. The number of benzene rings is 2. The van der Waals surface area contributed by atoms with Gasteiger partial charge in [-0.15, -0.1) is 0 Å². The van der Waals surface area contributed by atoms with Gasteiger partial charge in [0.2, 0.25) is 0 Å². The van der Waals surface area contributed by atoms with E-state index in [4.69, 9.17) is 4.74 Å². The monoisotopic (exact) mass is 340 g/mol. The highest BCUT2D eigenvalue weighted by Gasteiger charge is 2.25. The Balaban J connectivity index is 1.62. The van der Waals surface area contributed by atoms with E-state index in [0.29, 0.717) is 11.3 Å². The highest BCUT2D eigenvalue weighted by molar-refractivity contribution is 5.82. The van der Waals surface area contributed by atoms with Crippen molar-refractivity contribution in [1.29, 1.82) is 0 Å². The Morgan fingerprint density at radius 2 is 2.04 bits per heavy atom. The first-order chi connectivity index (χ1) is 12.2. The standard InChI is InChI=1S/C20H24N2O3/c1-25-18-11-5-7-15(13-18)19(23)20(24)21-16-8-6-12-22(14-16)17-9-3-2-4-10-17/h2-5,7,9-11,13,16,19,23H,6,8,12,14H2,1H3,(H,21,24). The van der Waals surface area contributed by atoms with Crippen LogP contribution in [0.25, 0.3) is 0 Å². The van der Waals surface area contributed by atoms with Gasteiger partial charge in [-0.3, -0.25) is 4.79 Å². The molecular weight excluding hydrogens is 316 g/mol. The maximum absolute atomic E-state index is 12.4. The van der Waals surface area contributed by atoms with Gasteiger partial charge >= 0.3 is 0 Å². The summed E-state index contributed by atoms with van der Waals surface area (Å²) in [5, 5.41) is 13.3. The Morgan fingerprint density at radius 3 is 2.80 bits per heavy atom. The summed E-state index contributed by atoms with van der Waals surface area (Å²) < 4.78 is 5.15. The summed E-state index contributed by atoms with van der Waals surface area (Å²) in [7, 11) is 1.56. The Hall–Kier alpha value is -2.53. The van der Waals surface area contributed by atoms with Crippen molar-refractivity contribution < 1.29 is 14.6 Å². The molecule has 0 aliphatic carbocycles. The smallest absolute Gasteiger partial charge is 0.253 e. The molecule has 2 atom stereocenters. The topological polar surface area (TPSA) is 61.8 Å². The van der Waals surface area contributed by atoms with Crippen LogP contribution in [-0.4, -0.2) is 37.3 Å². The number of rotatable bonds is 5. The summed E-state index contributed by atoms with van der Waals surface area (Å²) >= 11 is 0. The minimum atomic E-state index is -1.19. The SMILES string of the molecule is COc1cccc(C(O)C(=O)NC2CCCN(c3ccccc3)C2)c1. The van der Waals surface area contributed by atoms with Crippen molar-refractivity contribution in [3.63, 3.8) is 0 Å². The van der Waals surface area contributed by atoms with Gasteiger partial charge in [0, 0.05) is 24.8 Å². The van der Waals surface area contributed by atoms with Crippen molar-refractivity contribution in [2.24, 2.45) is 0 Å². The molecule has 1 fully saturated rings. The van der Waals surface area contributed by atoms with Gasteiger partial charge in [-0.1, -0.05) is 30.3 Å². The summed E-state index contributed by atoms with van der Waals surface area (Å²) in [6.07, 6.45) is 0.733. The Kier molecular flexibility index (Phi) is 5.56. The number of hydrogen-bond donors (Lipinski definition) is 2. The van der Waals surface area contributed by atoms with Gasteiger partial charge in [0.25, 0.3) is 5.91 Å². The summed E-state index contributed by atoms with van der Waals surface area (Å²) in [5.74, 6) is 0.255. The highest BCUT2D eigenvalue weighted by Crippen LogP contribution is 2.22. The average molecular weight is 340 g/mol. The number of aliphatic hydroxyl groups is 1. The maximum atomic E-state index is 12.4. The molecule has 0 bridgehead atoms. The van der Waals surface area contributed by atoms with Crippen molar-refractivity contribution in [1.82, 2.24) is 5.32 Å². The van der Waals surface area contributed by atoms with Crippen LogP contribution in [0.1, 0.15) is 24.5 Å². The summed E-state index contributed by atoms with van der Waals surface area (Å²) in [4.78, 5) is 14.7. The van der Waals surface area contributed by atoms with Crippen LogP contribution in [0.5, 0.6) is 5.75 Å². The van der Waals surface area contributed by atoms with E-state index >= 15 is 0 Å². The first kappa shape index (κ1) is 17.3. The maximum Gasteiger partial charge on any atom is 0.253 e. The van der Waals surface area contributed by atoms with Gasteiger partial charge in [0.05, 0.1) is 7.11 Å². The predicted octanol–water partition coefficient (Wildman–Crippen LogP) is 2.51. The quantitative estimate of drug-likeness (QED) is 0.878. The number of anilines is 1. The van der Waals surface area contributed by atoms with Crippen molar-refractivity contribution in [2.45, 2.75) is 25.0 Å². The van der Waals surface area contributed by atoms with Crippen LogP contribution in [0, 0.1) is 0 Å². The lowest BCUT2D eigenvalue weighted by Gasteiger charge is -2.35. The fraction of sp³-hybridized carbons (Fsp3) is 0.350. The number of para-hydroxylation sites is 1. The largest absolute Gasteiger partial charge is 0.497 e. The normalized spacial score (nSPS) is 18.5. The van der Waals surface area contributed by atoms with E-state index in [0.717, 1.165) is 31.6 Å². The van der Waals surface area contributed by atoms with Crippen molar-refractivity contribution in [3.05, 3.63) is 60.2 Å². The zero-order chi connectivity index (χ0) is 17.6. The third kappa shape index (κ3) is 4.31. The summed E-state index contributed by atoms with van der Waals surface area (Å²) in [6, 6.07) is 17.2. The molecule has 1 heterocycles. The molecule has 132 valence electrons. The van der Waals surface area contributed by atoms with Gasteiger partial charge < -0.3 is 20.1 Å². The van der Waals surface area contributed by atoms with E-state index in [1.807, 2.05) is 18.2 Å². The van der Waals surface area contributed by atoms with Crippen LogP contribution in [0.15, 0.2) is 54.6 Å².